The lowest BCUT2D eigenvalue weighted by Crippen LogP contribution is -2.27. The number of aryl methyl sites for hydroxylation is 1. The van der Waals surface area contributed by atoms with E-state index in [0.717, 1.165) is 5.69 Å². The average Bonchev–Trinajstić information content (AvgIpc) is 2.10. The van der Waals surface area contributed by atoms with Crippen LogP contribution in [-0.2, 0) is 4.74 Å². The molecule has 0 fully saturated rings. The Hall–Kier alpha value is -0.560. The van der Waals surface area contributed by atoms with E-state index in [0.29, 0.717) is 14.4 Å². The summed E-state index contributed by atoms with van der Waals surface area (Å²) in [6, 6.07) is 1.74. The minimum absolute atomic E-state index is 0.421. The molecule has 1 amide bonds. The minimum Gasteiger partial charge on any atom is -0.444 e. The second-order valence-corrected chi connectivity index (χ2v) is 6.02. The zero-order valence-corrected chi connectivity index (χ0v) is 13.0. The Morgan fingerprint density at radius 2 is 2.12 bits per heavy atom. The molecule has 1 aromatic heterocycles. The maximum Gasteiger partial charge on any atom is 0.413 e. The Kier molecular flexibility index (Phi) is 4.60. The minimum atomic E-state index is -0.539. The molecule has 0 bridgehead atoms. The van der Waals surface area contributed by atoms with Crippen molar-refractivity contribution in [2.24, 2.45) is 0 Å². The molecule has 0 spiro atoms. The first-order chi connectivity index (χ1) is 7.69. The lowest BCUT2D eigenvalue weighted by atomic mass is 10.2. The van der Waals surface area contributed by atoms with E-state index >= 15 is 0 Å². The zero-order valence-electron chi connectivity index (χ0n) is 10.1. The fourth-order valence-corrected chi connectivity index (χ4v) is 1.76. The number of aromatic nitrogens is 1. The van der Waals surface area contributed by atoms with Crippen molar-refractivity contribution in [2.45, 2.75) is 33.3 Å². The van der Waals surface area contributed by atoms with Crippen molar-refractivity contribution in [2.75, 3.05) is 5.32 Å². The van der Waals surface area contributed by atoms with Gasteiger partial charge in [0.05, 0.1) is 8.59 Å². The number of carbonyl (C=O) groups excluding carboxylic acids is 1. The van der Waals surface area contributed by atoms with E-state index in [9.17, 15) is 4.79 Å². The predicted octanol–water partition coefficient (Wildman–Crippen LogP) is 4.00. The maximum absolute atomic E-state index is 11.6. The van der Waals surface area contributed by atoms with Gasteiger partial charge in [-0.1, -0.05) is 11.6 Å². The van der Waals surface area contributed by atoms with Gasteiger partial charge in [-0.05, 0) is 56.4 Å². The van der Waals surface area contributed by atoms with Gasteiger partial charge in [-0.25, -0.2) is 9.78 Å². The Bertz CT molecular complexity index is 444. The molecule has 4 nitrogen and oxygen atoms in total. The summed E-state index contributed by atoms with van der Waals surface area (Å²) in [5.74, 6) is 0.421. The molecular formula is C11H14ClIN2O2. The van der Waals surface area contributed by atoms with Crippen molar-refractivity contribution < 1.29 is 9.53 Å². The molecule has 0 atom stereocenters. The van der Waals surface area contributed by atoms with Crippen LogP contribution in [0.15, 0.2) is 6.07 Å². The Morgan fingerprint density at radius 3 is 2.65 bits per heavy atom. The highest BCUT2D eigenvalue weighted by molar-refractivity contribution is 14.1. The molecule has 0 aliphatic carbocycles. The first kappa shape index (κ1) is 14.5. The summed E-state index contributed by atoms with van der Waals surface area (Å²) in [5, 5.41) is 3.14. The molecule has 1 heterocycles. The molecule has 1 N–H and O–H groups in total. The van der Waals surface area contributed by atoms with Crippen LogP contribution in [0, 0.1) is 10.5 Å². The zero-order chi connectivity index (χ0) is 13.2. The van der Waals surface area contributed by atoms with Crippen molar-refractivity contribution in [1.29, 1.82) is 0 Å². The van der Waals surface area contributed by atoms with Crippen LogP contribution < -0.4 is 5.32 Å². The molecule has 6 heteroatoms. The van der Waals surface area contributed by atoms with Gasteiger partial charge < -0.3 is 4.74 Å². The summed E-state index contributed by atoms with van der Waals surface area (Å²) >= 11 is 8.02. The normalized spacial score (nSPS) is 11.2. The highest BCUT2D eigenvalue weighted by atomic mass is 127. The van der Waals surface area contributed by atoms with E-state index in [-0.39, 0.29) is 0 Å². The molecule has 0 radical (unpaired) electrons. The highest BCUT2D eigenvalue weighted by Gasteiger charge is 2.18. The van der Waals surface area contributed by atoms with Gasteiger partial charge in [0.1, 0.15) is 5.60 Å². The van der Waals surface area contributed by atoms with E-state index < -0.39 is 11.7 Å². The van der Waals surface area contributed by atoms with E-state index in [4.69, 9.17) is 16.3 Å². The topological polar surface area (TPSA) is 51.2 Å². The smallest absolute Gasteiger partial charge is 0.413 e. The summed E-state index contributed by atoms with van der Waals surface area (Å²) in [7, 11) is 0. The molecule has 94 valence electrons. The van der Waals surface area contributed by atoms with Crippen LogP contribution >= 0.6 is 34.2 Å². The number of nitrogens with one attached hydrogen (secondary N) is 1. The van der Waals surface area contributed by atoms with Gasteiger partial charge in [-0.3, -0.25) is 5.32 Å². The maximum atomic E-state index is 11.6. The fourth-order valence-electron chi connectivity index (χ4n) is 1.10. The molecule has 0 aliphatic rings. The lowest BCUT2D eigenvalue weighted by Gasteiger charge is -2.19. The Labute approximate surface area is 119 Å². The lowest BCUT2D eigenvalue weighted by molar-refractivity contribution is 0.0635. The summed E-state index contributed by atoms with van der Waals surface area (Å²) in [4.78, 5) is 15.8. The molecule has 0 aliphatic heterocycles. The van der Waals surface area contributed by atoms with E-state index in [1.807, 2.05) is 29.5 Å². The second kappa shape index (κ2) is 5.39. The van der Waals surface area contributed by atoms with Gasteiger partial charge in [0, 0.05) is 5.69 Å². The number of anilines is 1. The summed E-state index contributed by atoms with van der Waals surface area (Å²) < 4.78 is 5.84. The van der Waals surface area contributed by atoms with Gasteiger partial charge in [0.15, 0.2) is 5.82 Å². The van der Waals surface area contributed by atoms with Crippen LogP contribution in [0.1, 0.15) is 26.5 Å². The van der Waals surface area contributed by atoms with Crippen LogP contribution in [0.3, 0.4) is 0 Å². The number of carbonyl (C=O) groups is 1. The molecule has 0 saturated heterocycles. The molecule has 1 aromatic rings. The number of rotatable bonds is 1. The average molecular weight is 369 g/mol. The largest absolute Gasteiger partial charge is 0.444 e. The Morgan fingerprint density at radius 1 is 1.53 bits per heavy atom. The number of amides is 1. The summed E-state index contributed by atoms with van der Waals surface area (Å²) in [5.41, 5.74) is 0.199. The van der Waals surface area contributed by atoms with Gasteiger partial charge in [-0.15, -0.1) is 0 Å². The summed E-state index contributed by atoms with van der Waals surface area (Å²) in [6.45, 7) is 7.21. The predicted molar refractivity (Wildman–Crippen MR) is 76.6 cm³/mol. The van der Waals surface area contributed by atoms with Gasteiger partial charge in [0.2, 0.25) is 0 Å². The summed E-state index contributed by atoms with van der Waals surface area (Å²) in [6.07, 6.45) is -0.537. The van der Waals surface area contributed by atoms with Crippen molar-refractivity contribution in [1.82, 2.24) is 4.98 Å². The number of ether oxygens (including phenoxy) is 1. The fraction of sp³-hybridized carbons (Fsp3) is 0.455. The third-order valence-electron chi connectivity index (χ3n) is 1.66. The first-order valence-corrected chi connectivity index (χ1v) is 6.47. The highest BCUT2D eigenvalue weighted by Crippen LogP contribution is 2.25. The molecule has 0 aromatic carbocycles. The second-order valence-electron chi connectivity index (χ2n) is 4.53. The van der Waals surface area contributed by atoms with E-state index in [2.05, 4.69) is 10.3 Å². The molecule has 0 unspecified atom stereocenters. The van der Waals surface area contributed by atoms with Crippen molar-refractivity contribution >= 4 is 46.1 Å². The van der Waals surface area contributed by atoms with Crippen LogP contribution in [0.5, 0.6) is 0 Å². The van der Waals surface area contributed by atoms with Crippen LogP contribution in [-0.4, -0.2) is 16.7 Å². The van der Waals surface area contributed by atoms with Gasteiger partial charge in [-0.2, -0.15) is 0 Å². The van der Waals surface area contributed by atoms with E-state index in [1.165, 1.54) is 0 Å². The van der Waals surface area contributed by atoms with Crippen LogP contribution in [0.4, 0.5) is 10.6 Å². The van der Waals surface area contributed by atoms with Crippen molar-refractivity contribution in [3.8, 4) is 0 Å². The van der Waals surface area contributed by atoms with E-state index in [1.54, 1.807) is 26.8 Å². The number of hydrogen-bond donors (Lipinski definition) is 1. The van der Waals surface area contributed by atoms with Gasteiger partial charge >= 0.3 is 6.09 Å². The van der Waals surface area contributed by atoms with Crippen LogP contribution in [0.25, 0.3) is 0 Å². The number of hydrogen-bond acceptors (Lipinski definition) is 3. The molecule has 1 rings (SSSR count). The number of pyridine rings is 1. The monoisotopic (exact) mass is 368 g/mol. The molecule has 0 saturated carbocycles. The number of nitrogens with zero attached hydrogens (tertiary/aromatic N) is 1. The third kappa shape index (κ3) is 4.67. The standard InChI is InChI=1S/C11H14ClIN2O2/c1-6-5-7(12)8(13)9(14-6)15-10(16)17-11(2,3)4/h5H,1-4H3,(H,14,15,16). The third-order valence-corrected chi connectivity index (χ3v) is 3.37. The SMILES string of the molecule is Cc1cc(Cl)c(I)c(NC(=O)OC(C)(C)C)n1. The van der Waals surface area contributed by atoms with Crippen molar-refractivity contribution in [3.05, 3.63) is 20.4 Å². The molecule has 17 heavy (non-hydrogen) atoms. The Balaban J connectivity index is 2.85. The molecular weight excluding hydrogens is 354 g/mol. The van der Waals surface area contributed by atoms with Gasteiger partial charge in [0.25, 0.3) is 0 Å². The quantitative estimate of drug-likeness (QED) is 0.763. The first-order valence-electron chi connectivity index (χ1n) is 5.01. The van der Waals surface area contributed by atoms with Crippen LogP contribution in [0.2, 0.25) is 5.02 Å². The number of halogens is 2. The van der Waals surface area contributed by atoms with Crippen molar-refractivity contribution in [3.63, 3.8) is 0 Å².